The number of H-pyrrole nitrogens is 1. The molecule has 0 saturated heterocycles. The quantitative estimate of drug-likeness (QED) is 0.694. The van der Waals surface area contributed by atoms with Crippen LogP contribution in [0.3, 0.4) is 0 Å². The molecule has 1 unspecified atom stereocenters. The number of aromatic nitrogens is 1. The lowest BCUT2D eigenvalue weighted by Gasteiger charge is -2.19. The average Bonchev–Trinajstić information content (AvgIpc) is 2.46. The van der Waals surface area contributed by atoms with Gasteiger partial charge in [-0.25, -0.2) is 4.79 Å². The minimum Gasteiger partial charge on any atom is -0.465 e. The number of carbonyl (C=O) groups excluding carboxylic acids is 3. The molecule has 0 fully saturated rings. The molecule has 1 aromatic heterocycles. The molecule has 0 aliphatic heterocycles. The van der Waals surface area contributed by atoms with Crippen molar-refractivity contribution in [1.29, 1.82) is 0 Å². The Morgan fingerprint density at radius 1 is 1.29 bits per heavy atom. The van der Waals surface area contributed by atoms with Crippen LogP contribution in [-0.4, -0.2) is 35.9 Å². The van der Waals surface area contributed by atoms with Gasteiger partial charge in [-0.3, -0.25) is 14.4 Å². The van der Waals surface area contributed by atoms with Crippen molar-refractivity contribution in [2.75, 3.05) is 12.4 Å². The number of aromatic amines is 1. The number of esters is 1. The third kappa shape index (κ3) is 5.86. The Bertz CT molecular complexity index is 688. The largest absolute Gasteiger partial charge is 0.465 e. The van der Waals surface area contributed by atoms with Crippen LogP contribution < -0.4 is 16.2 Å². The van der Waals surface area contributed by atoms with Crippen LogP contribution in [0.15, 0.2) is 17.1 Å². The minimum absolute atomic E-state index is 0.0943. The van der Waals surface area contributed by atoms with Crippen molar-refractivity contribution in [2.45, 2.75) is 40.2 Å². The number of rotatable bonds is 5. The summed E-state index contributed by atoms with van der Waals surface area (Å²) >= 11 is 0. The van der Waals surface area contributed by atoms with Crippen LogP contribution in [-0.2, 0) is 14.3 Å². The highest BCUT2D eigenvalue weighted by atomic mass is 16.5. The van der Waals surface area contributed by atoms with Gasteiger partial charge in [-0.15, -0.1) is 0 Å². The van der Waals surface area contributed by atoms with Crippen molar-refractivity contribution in [3.63, 3.8) is 0 Å². The molecule has 2 amide bonds. The number of ether oxygens (including phenoxy) is 1. The molecule has 132 valence electrons. The van der Waals surface area contributed by atoms with Crippen LogP contribution in [0.5, 0.6) is 0 Å². The summed E-state index contributed by atoms with van der Waals surface area (Å²) in [6.07, 6.45) is 1.46. The summed E-state index contributed by atoms with van der Waals surface area (Å²) in [6, 6.07) is 0.382. The predicted octanol–water partition coefficient (Wildman–Crippen LogP) is 1.04. The molecule has 8 heteroatoms. The lowest BCUT2D eigenvalue weighted by molar-refractivity contribution is -0.127. The second kappa shape index (κ2) is 7.76. The number of anilines is 1. The van der Waals surface area contributed by atoms with Gasteiger partial charge in [0.05, 0.1) is 12.7 Å². The average molecular weight is 337 g/mol. The van der Waals surface area contributed by atoms with Gasteiger partial charge in [0, 0.05) is 12.6 Å². The van der Waals surface area contributed by atoms with E-state index in [1.807, 2.05) is 20.8 Å². The van der Waals surface area contributed by atoms with Gasteiger partial charge in [-0.1, -0.05) is 20.8 Å². The fraction of sp³-hybridized carbons (Fsp3) is 0.500. The Morgan fingerprint density at radius 3 is 2.46 bits per heavy atom. The summed E-state index contributed by atoms with van der Waals surface area (Å²) < 4.78 is 4.55. The molecule has 0 aliphatic rings. The van der Waals surface area contributed by atoms with Crippen molar-refractivity contribution in [2.24, 2.45) is 5.41 Å². The molecule has 0 spiro atoms. The van der Waals surface area contributed by atoms with Gasteiger partial charge in [0.25, 0.3) is 5.56 Å². The molecule has 24 heavy (non-hydrogen) atoms. The number of carbonyl (C=O) groups is 3. The molecule has 0 aliphatic carbocycles. The third-order valence-corrected chi connectivity index (χ3v) is 3.04. The number of amides is 2. The van der Waals surface area contributed by atoms with E-state index in [1.54, 1.807) is 0 Å². The van der Waals surface area contributed by atoms with Crippen molar-refractivity contribution in [3.8, 4) is 0 Å². The van der Waals surface area contributed by atoms with E-state index in [0.29, 0.717) is 0 Å². The zero-order chi connectivity index (χ0) is 18.5. The van der Waals surface area contributed by atoms with Crippen molar-refractivity contribution >= 4 is 23.5 Å². The lowest BCUT2D eigenvalue weighted by atomic mass is 9.92. The summed E-state index contributed by atoms with van der Waals surface area (Å²) in [4.78, 5) is 49.5. The Morgan fingerprint density at radius 2 is 1.92 bits per heavy atom. The van der Waals surface area contributed by atoms with Crippen molar-refractivity contribution in [1.82, 2.24) is 10.3 Å². The number of hydrogen-bond acceptors (Lipinski definition) is 5. The minimum atomic E-state index is -0.832. The highest BCUT2D eigenvalue weighted by molar-refractivity contribution is 5.98. The van der Waals surface area contributed by atoms with E-state index in [4.69, 9.17) is 0 Å². The Labute approximate surface area is 140 Å². The maximum absolute atomic E-state index is 12.1. The van der Waals surface area contributed by atoms with E-state index < -0.39 is 23.5 Å². The molecule has 0 radical (unpaired) electrons. The van der Waals surface area contributed by atoms with Crippen molar-refractivity contribution < 1.29 is 19.1 Å². The Kier molecular flexibility index (Phi) is 6.27. The van der Waals surface area contributed by atoms with Gasteiger partial charge in [0.15, 0.2) is 0 Å². The number of pyridine rings is 1. The molecule has 1 atom stereocenters. The molecule has 0 bridgehead atoms. The molecule has 1 aromatic rings. The van der Waals surface area contributed by atoms with E-state index in [9.17, 15) is 19.2 Å². The predicted molar refractivity (Wildman–Crippen MR) is 88.7 cm³/mol. The fourth-order valence-corrected chi connectivity index (χ4v) is 1.89. The van der Waals surface area contributed by atoms with Crippen LogP contribution in [0.1, 0.15) is 44.5 Å². The maximum Gasteiger partial charge on any atom is 0.339 e. The zero-order valence-electron chi connectivity index (χ0n) is 14.5. The molecule has 3 N–H and O–H groups in total. The summed E-state index contributed by atoms with van der Waals surface area (Å²) in [7, 11) is 1.21. The monoisotopic (exact) mass is 337 g/mol. The number of methoxy groups -OCH3 is 1. The van der Waals surface area contributed by atoms with Gasteiger partial charge >= 0.3 is 5.97 Å². The highest BCUT2D eigenvalue weighted by Crippen LogP contribution is 2.18. The van der Waals surface area contributed by atoms with Crippen LogP contribution in [0.25, 0.3) is 0 Å². The summed E-state index contributed by atoms with van der Waals surface area (Å²) in [5, 5.41) is 4.96. The molecule has 1 heterocycles. The topological polar surface area (TPSA) is 117 Å². The standard InChI is InChI=1S/C16H23N3O5/c1-9(18-12(20)7-16(2,3)4)13(21)19-11-6-10(15(23)24-5)8-17-14(11)22/h6,8-9H,7H2,1-5H3,(H,17,22)(H,18,20)(H,19,21). The molecule has 0 saturated carbocycles. The van der Waals surface area contributed by atoms with Crippen LogP contribution >= 0.6 is 0 Å². The highest BCUT2D eigenvalue weighted by Gasteiger charge is 2.21. The van der Waals surface area contributed by atoms with E-state index in [2.05, 4.69) is 20.4 Å². The van der Waals surface area contributed by atoms with Gasteiger partial charge in [0.2, 0.25) is 11.8 Å². The van der Waals surface area contributed by atoms with Crippen LogP contribution in [0.2, 0.25) is 0 Å². The normalized spacial score (nSPS) is 12.2. The molecule has 0 aromatic carbocycles. The fourth-order valence-electron chi connectivity index (χ4n) is 1.89. The molecule has 1 rings (SSSR count). The van der Waals surface area contributed by atoms with E-state index in [-0.39, 0.29) is 29.0 Å². The summed E-state index contributed by atoms with van der Waals surface area (Å²) in [5.74, 6) is -1.47. The second-order valence-corrected chi connectivity index (χ2v) is 6.64. The molecular formula is C16H23N3O5. The summed E-state index contributed by atoms with van der Waals surface area (Å²) in [6.45, 7) is 7.24. The first kappa shape index (κ1) is 19.4. The van der Waals surface area contributed by atoms with E-state index in [1.165, 1.54) is 26.3 Å². The zero-order valence-corrected chi connectivity index (χ0v) is 14.5. The Hall–Kier alpha value is -2.64. The van der Waals surface area contributed by atoms with Gasteiger partial charge in [-0.05, 0) is 18.4 Å². The number of nitrogens with one attached hydrogen (secondary N) is 3. The third-order valence-electron chi connectivity index (χ3n) is 3.04. The van der Waals surface area contributed by atoms with E-state index >= 15 is 0 Å². The van der Waals surface area contributed by atoms with Gasteiger partial charge in [0.1, 0.15) is 11.7 Å². The van der Waals surface area contributed by atoms with E-state index in [0.717, 1.165) is 0 Å². The second-order valence-electron chi connectivity index (χ2n) is 6.64. The lowest BCUT2D eigenvalue weighted by Crippen LogP contribution is -2.43. The van der Waals surface area contributed by atoms with Gasteiger partial charge in [-0.2, -0.15) is 0 Å². The summed E-state index contributed by atoms with van der Waals surface area (Å²) in [5.41, 5.74) is -0.771. The smallest absolute Gasteiger partial charge is 0.339 e. The first-order valence-electron chi connectivity index (χ1n) is 7.45. The number of hydrogen-bond donors (Lipinski definition) is 3. The first-order chi connectivity index (χ1) is 11.0. The molecular weight excluding hydrogens is 314 g/mol. The van der Waals surface area contributed by atoms with Crippen LogP contribution in [0.4, 0.5) is 5.69 Å². The maximum atomic E-state index is 12.1. The van der Waals surface area contributed by atoms with Gasteiger partial charge < -0.3 is 20.4 Å². The first-order valence-corrected chi connectivity index (χ1v) is 7.45. The Balaban J connectivity index is 2.78. The van der Waals surface area contributed by atoms with Crippen molar-refractivity contribution in [3.05, 3.63) is 28.2 Å². The SMILES string of the molecule is COC(=O)c1c[nH]c(=O)c(NC(=O)C(C)NC(=O)CC(C)(C)C)c1. The molecule has 8 nitrogen and oxygen atoms in total. The van der Waals surface area contributed by atoms with Crippen LogP contribution in [0, 0.1) is 5.41 Å².